The Hall–Kier alpha value is -1.71. The fraction of sp³-hybridized carbons (Fsp3) is 0.893. The molecule has 2 saturated heterocycles. The first-order valence-corrected chi connectivity index (χ1v) is 14.5. The number of carboxylic acids is 1. The molecule has 2 aliphatic heterocycles. The SMILES string of the molecule is CCCCCC1OC(CCCCCCCCC(=O)OC(C)N2CCOCC2)CC1OC(=O)CCC(=O)O. The minimum Gasteiger partial charge on any atom is -0.481 e. The number of morpholine rings is 1. The maximum atomic E-state index is 12.1. The zero-order valence-electron chi connectivity index (χ0n) is 23.0. The van der Waals surface area contributed by atoms with Gasteiger partial charge in [-0.1, -0.05) is 58.3 Å². The molecule has 2 fully saturated rings. The minimum absolute atomic E-state index is 0.0870. The average molecular weight is 528 g/mol. The first kappa shape index (κ1) is 31.5. The van der Waals surface area contributed by atoms with Gasteiger partial charge in [-0.2, -0.15) is 0 Å². The average Bonchev–Trinajstić information content (AvgIpc) is 3.26. The van der Waals surface area contributed by atoms with Gasteiger partial charge in [0.05, 0.1) is 38.3 Å². The molecule has 4 unspecified atom stereocenters. The van der Waals surface area contributed by atoms with Gasteiger partial charge in [0, 0.05) is 25.9 Å². The van der Waals surface area contributed by atoms with Crippen LogP contribution < -0.4 is 0 Å². The molecule has 0 bridgehead atoms. The van der Waals surface area contributed by atoms with Crippen LogP contribution in [0, 0.1) is 0 Å². The quantitative estimate of drug-likeness (QED) is 0.186. The predicted molar refractivity (Wildman–Crippen MR) is 139 cm³/mol. The normalized spacial score (nSPS) is 23.0. The van der Waals surface area contributed by atoms with Crippen LogP contribution in [0.4, 0.5) is 0 Å². The van der Waals surface area contributed by atoms with Gasteiger partial charge < -0.3 is 24.1 Å². The van der Waals surface area contributed by atoms with Crippen molar-refractivity contribution in [3.63, 3.8) is 0 Å². The number of carboxylic acid groups (broad SMARTS) is 1. The van der Waals surface area contributed by atoms with Crippen LogP contribution in [0.25, 0.3) is 0 Å². The van der Waals surface area contributed by atoms with E-state index in [-0.39, 0.29) is 43.4 Å². The highest BCUT2D eigenvalue weighted by atomic mass is 16.6. The Kier molecular flexibility index (Phi) is 15.8. The number of aliphatic carboxylic acids is 1. The van der Waals surface area contributed by atoms with E-state index in [0.29, 0.717) is 26.1 Å². The second-order valence-electron chi connectivity index (χ2n) is 10.3. The molecule has 9 heteroatoms. The van der Waals surface area contributed by atoms with Crippen LogP contribution in [0.3, 0.4) is 0 Å². The number of ether oxygens (including phenoxy) is 4. The monoisotopic (exact) mass is 527 g/mol. The summed E-state index contributed by atoms with van der Waals surface area (Å²) in [7, 11) is 0. The van der Waals surface area contributed by atoms with E-state index in [9.17, 15) is 14.4 Å². The van der Waals surface area contributed by atoms with Gasteiger partial charge in [0.15, 0.2) is 6.23 Å². The molecule has 4 atom stereocenters. The van der Waals surface area contributed by atoms with Crippen molar-refractivity contribution < 1.29 is 38.4 Å². The number of rotatable bonds is 19. The van der Waals surface area contributed by atoms with Gasteiger partial charge in [0.2, 0.25) is 0 Å². The fourth-order valence-corrected chi connectivity index (χ4v) is 5.01. The van der Waals surface area contributed by atoms with Gasteiger partial charge in [-0.15, -0.1) is 0 Å². The number of esters is 2. The Morgan fingerprint density at radius 1 is 0.892 bits per heavy atom. The number of carbonyl (C=O) groups is 3. The Balaban J connectivity index is 1.55. The Labute approximate surface area is 222 Å². The van der Waals surface area contributed by atoms with Gasteiger partial charge in [-0.25, -0.2) is 0 Å². The summed E-state index contributed by atoms with van der Waals surface area (Å²) in [5, 5.41) is 8.79. The van der Waals surface area contributed by atoms with Crippen LogP contribution in [0.2, 0.25) is 0 Å². The molecule has 1 N–H and O–H groups in total. The lowest BCUT2D eigenvalue weighted by Crippen LogP contribution is -2.44. The zero-order valence-corrected chi connectivity index (χ0v) is 23.0. The third-order valence-corrected chi connectivity index (χ3v) is 7.21. The van der Waals surface area contributed by atoms with E-state index in [1.54, 1.807) is 0 Å². The van der Waals surface area contributed by atoms with Gasteiger partial charge in [-0.05, 0) is 26.2 Å². The number of carbonyl (C=O) groups excluding carboxylic acids is 2. The van der Waals surface area contributed by atoms with Crippen molar-refractivity contribution in [2.45, 2.75) is 135 Å². The van der Waals surface area contributed by atoms with Crippen LogP contribution in [0.15, 0.2) is 0 Å². The molecular weight excluding hydrogens is 478 g/mol. The molecular formula is C28H49NO8. The highest BCUT2D eigenvalue weighted by molar-refractivity contribution is 5.76. The molecule has 0 spiro atoms. The molecule has 214 valence electrons. The number of hydrogen-bond acceptors (Lipinski definition) is 8. The van der Waals surface area contributed by atoms with Crippen molar-refractivity contribution in [2.24, 2.45) is 0 Å². The van der Waals surface area contributed by atoms with E-state index in [0.717, 1.165) is 83.7 Å². The van der Waals surface area contributed by atoms with Crippen LogP contribution in [0.1, 0.15) is 110 Å². The van der Waals surface area contributed by atoms with Crippen LogP contribution in [-0.2, 0) is 33.3 Å². The topological polar surface area (TPSA) is 112 Å². The Bertz CT molecular complexity index is 667. The van der Waals surface area contributed by atoms with E-state index in [1.807, 2.05) is 6.92 Å². The van der Waals surface area contributed by atoms with Gasteiger partial charge in [0.1, 0.15) is 6.10 Å². The maximum absolute atomic E-state index is 12.1. The number of nitrogens with zero attached hydrogens (tertiary/aromatic N) is 1. The van der Waals surface area contributed by atoms with Crippen LogP contribution >= 0.6 is 0 Å². The van der Waals surface area contributed by atoms with Crippen molar-refractivity contribution in [3.05, 3.63) is 0 Å². The molecule has 2 heterocycles. The summed E-state index contributed by atoms with van der Waals surface area (Å²) in [6, 6.07) is 0. The van der Waals surface area contributed by atoms with Gasteiger partial charge >= 0.3 is 17.9 Å². The molecule has 9 nitrogen and oxygen atoms in total. The smallest absolute Gasteiger partial charge is 0.307 e. The molecule has 2 rings (SSSR count). The third kappa shape index (κ3) is 13.6. The van der Waals surface area contributed by atoms with Crippen LogP contribution in [0.5, 0.6) is 0 Å². The number of unbranched alkanes of at least 4 members (excludes halogenated alkanes) is 7. The molecule has 0 radical (unpaired) electrons. The summed E-state index contributed by atoms with van der Waals surface area (Å²) in [4.78, 5) is 37.0. The van der Waals surface area contributed by atoms with Crippen molar-refractivity contribution in [2.75, 3.05) is 26.3 Å². The second-order valence-corrected chi connectivity index (χ2v) is 10.3. The fourth-order valence-electron chi connectivity index (χ4n) is 5.01. The largest absolute Gasteiger partial charge is 0.481 e. The maximum Gasteiger partial charge on any atom is 0.307 e. The lowest BCUT2D eigenvalue weighted by molar-refractivity contribution is -0.161. The summed E-state index contributed by atoms with van der Waals surface area (Å²) in [5.74, 6) is -1.56. The molecule has 37 heavy (non-hydrogen) atoms. The highest BCUT2D eigenvalue weighted by Gasteiger charge is 2.37. The third-order valence-electron chi connectivity index (χ3n) is 7.21. The molecule has 0 aliphatic carbocycles. The molecule has 0 aromatic rings. The lowest BCUT2D eigenvalue weighted by atomic mass is 10.0. The van der Waals surface area contributed by atoms with Crippen molar-refractivity contribution >= 4 is 17.9 Å². The van der Waals surface area contributed by atoms with Crippen molar-refractivity contribution in [1.29, 1.82) is 0 Å². The van der Waals surface area contributed by atoms with E-state index < -0.39 is 11.9 Å². The minimum atomic E-state index is -0.990. The van der Waals surface area contributed by atoms with E-state index in [1.165, 1.54) is 0 Å². The summed E-state index contributed by atoms with van der Waals surface area (Å²) < 4.78 is 22.7. The Morgan fingerprint density at radius 3 is 2.27 bits per heavy atom. The molecule has 0 amide bonds. The van der Waals surface area contributed by atoms with Crippen molar-refractivity contribution in [3.8, 4) is 0 Å². The molecule has 0 aromatic carbocycles. The summed E-state index contributed by atoms with van der Waals surface area (Å²) in [5.41, 5.74) is 0. The molecule has 2 aliphatic rings. The standard InChI is InChI=1S/C28H49NO8/c1-3-4-9-13-24-25(37-28(33)16-15-26(30)31)21-23(36-24)12-10-7-5-6-8-11-14-27(32)35-22(2)29-17-19-34-20-18-29/h22-25H,3-21H2,1-2H3,(H,30,31). The predicted octanol–water partition coefficient (Wildman–Crippen LogP) is 4.84. The first-order chi connectivity index (χ1) is 17.9. The number of hydrogen-bond donors (Lipinski definition) is 1. The van der Waals surface area contributed by atoms with Crippen LogP contribution in [-0.4, -0.2) is 78.8 Å². The van der Waals surface area contributed by atoms with E-state index in [2.05, 4.69) is 11.8 Å². The Morgan fingerprint density at radius 2 is 1.57 bits per heavy atom. The summed E-state index contributed by atoms with van der Waals surface area (Å²) in [6.07, 6.45) is 11.8. The molecule has 0 aromatic heterocycles. The van der Waals surface area contributed by atoms with Gasteiger partial charge in [0.25, 0.3) is 0 Å². The summed E-state index contributed by atoms with van der Waals surface area (Å²) in [6.45, 7) is 7.07. The first-order valence-electron chi connectivity index (χ1n) is 14.5. The van der Waals surface area contributed by atoms with E-state index in [4.69, 9.17) is 24.1 Å². The summed E-state index contributed by atoms with van der Waals surface area (Å²) >= 11 is 0. The second kappa shape index (κ2) is 18.5. The van der Waals surface area contributed by atoms with Gasteiger partial charge in [-0.3, -0.25) is 19.3 Å². The highest BCUT2D eigenvalue weighted by Crippen LogP contribution is 2.30. The van der Waals surface area contributed by atoms with Crippen molar-refractivity contribution in [1.82, 2.24) is 4.90 Å². The molecule has 0 saturated carbocycles. The van der Waals surface area contributed by atoms with E-state index >= 15 is 0 Å². The lowest BCUT2D eigenvalue weighted by Gasteiger charge is -2.31. The zero-order chi connectivity index (χ0) is 26.9.